The van der Waals surface area contributed by atoms with Crippen LogP contribution >= 0.6 is 0 Å². The monoisotopic (exact) mass is 280 g/mol. The van der Waals surface area contributed by atoms with E-state index in [0.29, 0.717) is 0 Å². The van der Waals surface area contributed by atoms with E-state index in [1.807, 2.05) is 0 Å². The smallest absolute Gasteiger partial charge is 0.335 e. The molecular weight excluding hydrogens is 264 g/mol. The molecule has 0 spiro atoms. The molecule has 6 atom stereocenters. The Morgan fingerprint density at radius 1 is 1.16 bits per heavy atom. The van der Waals surface area contributed by atoms with Gasteiger partial charge in [0.05, 0.1) is 0 Å². The highest BCUT2D eigenvalue weighted by molar-refractivity contribution is 5.73. The lowest BCUT2D eigenvalue weighted by Crippen LogP contribution is -2.61. The zero-order valence-electron chi connectivity index (χ0n) is 10.0. The van der Waals surface area contributed by atoms with Crippen molar-refractivity contribution in [1.29, 1.82) is 0 Å². The molecule has 1 fully saturated rings. The summed E-state index contributed by atoms with van der Waals surface area (Å²) in [6.45, 7) is 1.51. The molecule has 5 N–H and O–H groups in total. The molecule has 0 aliphatic carbocycles. The number of aliphatic carboxylic acids is 2. The number of carbonyl (C=O) groups is 2. The minimum atomic E-state index is -1.84. The summed E-state index contributed by atoms with van der Waals surface area (Å²) in [5, 5.41) is 46.1. The highest BCUT2D eigenvalue weighted by Gasteiger charge is 2.48. The second-order valence-electron chi connectivity index (χ2n) is 4.11. The van der Waals surface area contributed by atoms with Crippen molar-refractivity contribution in [1.82, 2.24) is 0 Å². The molecule has 1 saturated heterocycles. The quantitative estimate of drug-likeness (QED) is 0.376. The van der Waals surface area contributed by atoms with Crippen LogP contribution in [-0.2, 0) is 19.1 Å². The topological polar surface area (TPSA) is 154 Å². The fourth-order valence-corrected chi connectivity index (χ4v) is 1.66. The van der Waals surface area contributed by atoms with Crippen LogP contribution < -0.4 is 0 Å². The van der Waals surface area contributed by atoms with Gasteiger partial charge in [-0.25, -0.2) is 9.59 Å². The summed E-state index contributed by atoms with van der Waals surface area (Å²) in [5.41, 5.74) is 0. The molecule has 1 heterocycles. The van der Waals surface area contributed by atoms with Gasteiger partial charge in [0, 0.05) is 0 Å². The lowest BCUT2D eigenvalue weighted by atomic mass is 9.99. The van der Waals surface area contributed by atoms with Crippen LogP contribution in [0.1, 0.15) is 13.3 Å². The van der Waals surface area contributed by atoms with Crippen molar-refractivity contribution in [2.24, 2.45) is 0 Å². The highest BCUT2D eigenvalue weighted by Crippen LogP contribution is 2.23. The average Bonchev–Trinajstić information content (AvgIpc) is 2.34. The summed E-state index contributed by atoms with van der Waals surface area (Å²) in [4.78, 5) is 21.6. The number of hydrogen-bond acceptors (Lipinski definition) is 7. The maximum absolute atomic E-state index is 10.8. The number of aliphatic hydroxyl groups is 3. The molecule has 1 aliphatic rings. The SMILES string of the molecule is CCC(OC1OC(C(=O)O)[C@@H](O)C(O)[C@@H]1O)C(=O)O. The van der Waals surface area contributed by atoms with E-state index >= 15 is 0 Å². The van der Waals surface area contributed by atoms with Gasteiger partial charge in [0.1, 0.15) is 18.3 Å². The van der Waals surface area contributed by atoms with E-state index in [2.05, 4.69) is 0 Å². The first-order valence-corrected chi connectivity index (χ1v) is 5.60. The maximum atomic E-state index is 10.8. The first-order valence-electron chi connectivity index (χ1n) is 5.60. The Balaban J connectivity index is 2.82. The standard InChI is InChI=1S/C10H16O9/c1-2-3(8(14)15)18-10-6(13)4(11)5(12)7(19-10)9(16)17/h3-7,10-13H,2H2,1H3,(H,14,15)(H,16,17)/t3?,4?,5-,6-,7?,10?/m0/s1. The van der Waals surface area contributed by atoms with E-state index in [0.717, 1.165) is 0 Å². The molecule has 1 rings (SSSR count). The number of rotatable bonds is 5. The highest BCUT2D eigenvalue weighted by atomic mass is 16.7. The predicted molar refractivity (Wildman–Crippen MR) is 57.1 cm³/mol. The van der Waals surface area contributed by atoms with Crippen molar-refractivity contribution in [2.75, 3.05) is 0 Å². The van der Waals surface area contributed by atoms with E-state index in [1.165, 1.54) is 6.92 Å². The van der Waals surface area contributed by atoms with Gasteiger partial charge in [-0.3, -0.25) is 0 Å². The molecule has 0 aromatic heterocycles. The first kappa shape index (κ1) is 15.8. The normalized spacial score (nSPS) is 36.7. The van der Waals surface area contributed by atoms with E-state index in [9.17, 15) is 24.9 Å². The van der Waals surface area contributed by atoms with E-state index in [4.69, 9.17) is 19.7 Å². The second kappa shape index (κ2) is 6.26. The number of carboxylic acid groups (broad SMARTS) is 2. The Morgan fingerprint density at radius 3 is 2.16 bits per heavy atom. The van der Waals surface area contributed by atoms with Gasteiger partial charge in [-0.15, -0.1) is 0 Å². The van der Waals surface area contributed by atoms with Crippen LogP contribution in [0, 0.1) is 0 Å². The van der Waals surface area contributed by atoms with Crippen LogP contribution in [0.5, 0.6) is 0 Å². The third kappa shape index (κ3) is 3.39. The molecule has 4 unspecified atom stereocenters. The van der Waals surface area contributed by atoms with Crippen LogP contribution in [-0.4, -0.2) is 74.3 Å². The summed E-state index contributed by atoms with van der Waals surface area (Å²) in [7, 11) is 0. The fourth-order valence-electron chi connectivity index (χ4n) is 1.66. The zero-order chi connectivity index (χ0) is 14.7. The molecule has 0 amide bonds. The van der Waals surface area contributed by atoms with Crippen LogP contribution in [0.3, 0.4) is 0 Å². The minimum Gasteiger partial charge on any atom is -0.479 e. The van der Waals surface area contributed by atoms with Crippen LogP contribution in [0.2, 0.25) is 0 Å². The Morgan fingerprint density at radius 2 is 1.74 bits per heavy atom. The molecule has 110 valence electrons. The zero-order valence-corrected chi connectivity index (χ0v) is 10.0. The molecule has 0 saturated carbocycles. The molecular formula is C10H16O9. The van der Waals surface area contributed by atoms with Gasteiger partial charge in [-0.05, 0) is 6.42 Å². The van der Waals surface area contributed by atoms with E-state index in [-0.39, 0.29) is 6.42 Å². The average molecular weight is 280 g/mol. The maximum Gasteiger partial charge on any atom is 0.335 e. The molecule has 0 bridgehead atoms. The third-order valence-corrected chi connectivity index (χ3v) is 2.76. The van der Waals surface area contributed by atoms with Crippen molar-refractivity contribution in [3.8, 4) is 0 Å². The molecule has 1 aliphatic heterocycles. The first-order chi connectivity index (χ1) is 8.79. The van der Waals surface area contributed by atoms with Crippen LogP contribution in [0.15, 0.2) is 0 Å². The molecule has 9 nitrogen and oxygen atoms in total. The van der Waals surface area contributed by atoms with Gasteiger partial charge in [0.15, 0.2) is 18.5 Å². The Bertz CT molecular complexity index is 342. The van der Waals surface area contributed by atoms with E-state index < -0.39 is 48.7 Å². The van der Waals surface area contributed by atoms with Gasteiger partial charge in [0.25, 0.3) is 0 Å². The summed E-state index contributed by atoms with van der Waals surface area (Å²) in [6, 6.07) is 0. The van der Waals surface area contributed by atoms with Gasteiger partial charge in [0.2, 0.25) is 0 Å². The lowest BCUT2D eigenvalue weighted by molar-refractivity contribution is -0.303. The van der Waals surface area contributed by atoms with Gasteiger partial charge in [-0.1, -0.05) is 6.92 Å². The van der Waals surface area contributed by atoms with E-state index in [1.54, 1.807) is 0 Å². The Kier molecular flexibility index (Phi) is 5.20. The van der Waals surface area contributed by atoms with Gasteiger partial charge >= 0.3 is 11.9 Å². The van der Waals surface area contributed by atoms with Gasteiger partial charge in [-0.2, -0.15) is 0 Å². The van der Waals surface area contributed by atoms with Crippen molar-refractivity contribution in [2.45, 2.75) is 50.2 Å². The summed E-state index contributed by atoms with van der Waals surface area (Å²) < 4.78 is 9.69. The molecule has 0 aromatic carbocycles. The largest absolute Gasteiger partial charge is 0.479 e. The van der Waals surface area contributed by atoms with Crippen molar-refractivity contribution in [3.63, 3.8) is 0 Å². The summed E-state index contributed by atoms with van der Waals surface area (Å²) in [5.74, 6) is -2.87. The molecule has 0 radical (unpaired) electrons. The lowest BCUT2D eigenvalue weighted by Gasteiger charge is -2.39. The number of hydrogen-bond donors (Lipinski definition) is 5. The minimum absolute atomic E-state index is 0.0539. The molecule has 19 heavy (non-hydrogen) atoms. The van der Waals surface area contributed by atoms with Crippen molar-refractivity contribution >= 4 is 11.9 Å². The summed E-state index contributed by atoms with van der Waals surface area (Å²) in [6.07, 6.45) is -10.1. The Hall–Kier alpha value is -1.26. The summed E-state index contributed by atoms with van der Waals surface area (Å²) >= 11 is 0. The van der Waals surface area contributed by atoms with Gasteiger partial charge < -0.3 is 35.0 Å². The molecule has 0 aromatic rings. The van der Waals surface area contributed by atoms with Crippen LogP contribution in [0.25, 0.3) is 0 Å². The fraction of sp³-hybridized carbons (Fsp3) is 0.800. The third-order valence-electron chi connectivity index (χ3n) is 2.76. The molecule has 9 heteroatoms. The number of carboxylic acids is 2. The Labute approximate surface area is 108 Å². The number of ether oxygens (including phenoxy) is 2. The second-order valence-corrected chi connectivity index (χ2v) is 4.11. The predicted octanol–water partition coefficient (Wildman–Crippen LogP) is -2.24. The van der Waals surface area contributed by atoms with Crippen molar-refractivity contribution < 1.29 is 44.6 Å². The number of aliphatic hydroxyl groups excluding tert-OH is 3. The van der Waals surface area contributed by atoms with Crippen molar-refractivity contribution in [3.05, 3.63) is 0 Å². The van der Waals surface area contributed by atoms with Crippen LogP contribution in [0.4, 0.5) is 0 Å².